The second-order valence-corrected chi connectivity index (χ2v) is 5.06. The molecule has 0 bridgehead atoms. The molecule has 0 fully saturated rings. The van der Waals surface area contributed by atoms with Gasteiger partial charge >= 0.3 is 0 Å². The van der Waals surface area contributed by atoms with Gasteiger partial charge in [0.25, 0.3) is 5.69 Å². The number of hydrogen-bond acceptors (Lipinski definition) is 4. The van der Waals surface area contributed by atoms with Gasteiger partial charge in [0, 0.05) is 30.6 Å². The van der Waals surface area contributed by atoms with E-state index >= 15 is 0 Å². The average Bonchev–Trinajstić information content (AvgIpc) is 2.41. The van der Waals surface area contributed by atoms with E-state index < -0.39 is 10.7 Å². The van der Waals surface area contributed by atoms with Crippen molar-refractivity contribution >= 4 is 27.3 Å². The molecule has 104 valence electrons. The zero-order chi connectivity index (χ0) is 14.7. The highest BCUT2D eigenvalue weighted by atomic mass is 79.9. The highest BCUT2D eigenvalue weighted by Crippen LogP contribution is 2.30. The first-order valence-corrected chi connectivity index (χ1v) is 6.55. The molecule has 1 aromatic carbocycles. The van der Waals surface area contributed by atoms with Crippen molar-refractivity contribution in [2.45, 2.75) is 13.5 Å². The van der Waals surface area contributed by atoms with Crippen LogP contribution in [0.2, 0.25) is 0 Å². The van der Waals surface area contributed by atoms with E-state index in [4.69, 9.17) is 0 Å². The maximum atomic E-state index is 13.5. The topological polar surface area (TPSA) is 68.1 Å². The molecule has 0 radical (unpaired) electrons. The first kappa shape index (κ1) is 14.4. The van der Waals surface area contributed by atoms with Gasteiger partial charge in [-0.25, -0.2) is 4.39 Å². The van der Waals surface area contributed by atoms with E-state index in [9.17, 15) is 14.5 Å². The Morgan fingerprint density at radius 2 is 2.20 bits per heavy atom. The quantitative estimate of drug-likeness (QED) is 0.679. The summed E-state index contributed by atoms with van der Waals surface area (Å²) in [6.45, 7) is 2.20. The zero-order valence-corrected chi connectivity index (χ0v) is 12.1. The van der Waals surface area contributed by atoms with Crippen LogP contribution in [0.5, 0.6) is 0 Å². The molecule has 0 aliphatic heterocycles. The van der Waals surface area contributed by atoms with Crippen molar-refractivity contribution in [2.24, 2.45) is 0 Å². The van der Waals surface area contributed by atoms with Gasteiger partial charge in [-0.05, 0) is 34.5 Å². The van der Waals surface area contributed by atoms with Crippen molar-refractivity contribution in [3.05, 3.63) is 62.1 Å². The number of rotatable bonds is 4. The summed E-state index contributed by atoms with van der Waals surface area (Å²) in [7, 11) is 0. The average molecular weight is 340 g/mol. The second-order valence-electron chi connectivity index (χ2n) is 4.20. The van der Waals surface area contributed by atoms with Crippen LogP contribution in [-0.4, -0.2) is 9.91 Å². The van der Waals surface area contributed by atoms with Crippen LogP contribution >= 0.6 is 15.9 Å². The number of nitrogens with one attached hydrogen (secondary N) is 1. The number of nitro benzene ring substituents is 1. The molecule has 2 aromatic rings. The summed E-state index contributed by atoms with van der Waals surface area (Å²) >= 11 is 2.94. The Labute approximate surface area is 123 Å². The van der Waals surface area contributed by atoms with Gasteiger partial charge in [-0.2, -0.15) is 0 Å². The SMILES string of the molecule is Cc1ccc(CNc2cc(F)c(Br)cc2[N+](=O)[O-])cn1. The minimum Gasteiger partial charge on any atom is -0.375 e. The lowest BCUT2D eigenvalue weighted by atomic mass is 10.2. The lowest BCUT2D eigenvalue weighted by molar-refractivity contribution is -0.384. The van der Waals surface area contributed by atoms with Crippen LogP contribution in [0.15, 0.2) is 34.9 Å². The molecule has 1 aromatic heterocycles. The summed E-state index contributed by atoms with van der Waals surface area (Å²) in [6, 6.07) is 5.94. The molecular weight excluding hydrogens is 329 g/mol. The zero-order valence-electron chi connectivity index (χ0n) is 10.6. The monoisotopic (exact) mass is 339 g/mol. The molecule has 0 atom stereocenters. The smallest absolute Gasteiger partial charge is 0.293 e. The number of aromatic nitrogens is 1. The highest BCUT2D eigenvalue weighted by Gasteiger charge is 2.17. The Bertz CT molecular complexity index is 647. The maximum absolute atomic E-state index is 13.5. The minimum absolute atomic E-state index is 0.0618. The molecule has 20 heavy (non-hydrogen) atoms. The lowest BCUT2D eigenvalue weighted by Gasteiger charge is -2.08. The van der Waals surface area contributed by atoms with Gasteiger partial charge in [0.15, 0.2) is 0 Å². The van der Waals surface area contributed by atoms with E-state index in [-0.39, 0.29) is 15.8 Å². The van der Waals surface area contributed by atoms with E-state index in [1.807, 2.05) is 19.1 Å². The van der Waals surface area contributed by atoms with Crippen LogP contribution in [0.3, 0.4) is 0 Å². The Hall–Kier alpha value is -2.02. The van der Waals surface area contributed by atoms with Crippen LogP contribution in [-0.2, 0) is 6.54 Å². The third-order valence-electron chi connectivity index (χ3n) is 2.69. The molecule has 0 saturated carbocycles. The summed E-state index contributed by atoms with van der Waals surface area (Å²) in [6.07, 6.45) is 1.67. The van der Waals surface area contributed by atoms with E-state index in [1.54, 1.807) is 6.20 Å². The molecule has 0 spiro atoms. The largest absolute Gasteiger partial charge is 0.375 e. The summed E-state index contributed by atoms with van der Waals surface area (Å²) < 4.78 is 13.5. The Morgan fingerprint density at radius 3 is 2.80 bits per heavy atom. The summed E-state index contributed by atoms with van der Waals surface area (Å²) in [4.78, 5) is 14.5. The van der Waals surface area contributed by atoms with E-state index in [0.717, 1.165) is 23.4 Å². The standard InChI is InChI=1S/C13H11BrFN3O2/c1-8-2-3-9(6-16-8)7-17-12-5-11(15)10(14)4-13(12)18(19)20/h2-6,17H,7H2,1H3. The molecule has 5 nitrogen and oxygen atoms in total. The predicted molar refractivity (Wildman–Crippen MR) is 77.1 cm³/mol. The number of anilines is 1. The molecule has 0 unspecified atom stereocenters. The summed E-state index contributed by atoms with van der Waals surface area (Å²) in [5.41, 5.74) is 1.69. The van der Waals surface area contributed by atoms with E-state index in [0.29, 0.717) is 6.54 Å². The number of nitro groups is 1. The first-order chi connectivity index (χ1) is 9.47. The van der Waals surface area contributed by atoms with Crippen LogP contribution in [0.25, 0.3) is 0 Å². The van der Waals surface area contributed by atoms with E-state index in [1.165, 1.54) is 0 Å². The summed E-state index contributed by atoms with van der Waals surface area (Å²) in [5.74, 6) is -0.555. The van der Waals surface area contributed by atoms with Gasteiger partial charge < -0.3 is 5.32 Å². The molecule has 0 aliphatic rings. The third kappa shape index (κ3) is 3.30. The Kier molecular flexibility index (Phi) is 4.29. The van der Waals surface area contributed by atoms with Gasteiger partial charge in [-0.1, -0.05) is 6.07 Å². The maximum Gasteiger partial charge on any atom is 0.293 e. The van der Waals surface area contributed by atoms with Crippen molar-refractivity contribution in [1.82, 2.24) is 4.98 Å². The van der Waals surface area contributed by atoms with Crippen molar-refractivity contribution in [3.8, 4) is 0 Å². The fourth-order valence-electron chi connectivity index (χ4n) is 1.63. The Morgan fingerprint density at radius 1 is 1.45 bits per heavy atom. The molecule has 0 aliphatic carbocycles. The van der Waals surface area contributed by atoms with Crippen molar-refractivity contribution in [3.63, 3.8) is 0 Å². The van der Waals surface area contributed by atoms with Crippen LogP contribution in [0, 0.1) is 22.9 Å². The molecule has 7 heteroatoms. The number of aryl methyl sites for hydroxylation is 1. The molecule has 0 saturated heterocycles. The van der Waals surface area contributed by atoms with Gasteiger partial charge in [-0.3, -0.25) is 15.1 Å². The number of hydrogen-bond donors (Lipinski definition) is 1. The third-order valence-corrected chi connectivity index (χ3v) is 3.30. The van der Waals surface area contributed by atoms with Crippen molar-refractivity contribution in [1.29, 1.82) is 0 Å². The number of benzene rings is 1. The van der Waals surface area contributed by atoms with Gasteiger partial charge in [-0.15, -0.1) is 0 Å². The summed E-state index contributed by atoms with van der Waals surface area (Å²) in [5, 5.41) is 13.8. The molecule has 2 rings (SSSR count). The second kappa shape index (κ2) is 5.96. The van der Waals surface area contributed by atoms with Crippen molar-refractivity contribution < 1.29 is 9.31 Å². The van der Waals surface area contributed by atoms with Crippen LogP contribution in [0.1, 0.15) is 11.3 Å². The van der Waals surface area contributed by atoms with Gasteiger partial charge in [0.1, 0.15) is 11.5 Å². The molecule has 1 heterocycles. The van der Waals surface area contributed by atoms with Crippen LogP contribution in [0.4, 0.5) is 15.8 Å². The van der Waals surface area contributed by atoms with E-state index in [2.05, 4.69) is 26.2 Å². The number of nitrogens with zero attached hydrogens (tertiary/aromatic N) is 2. The fraction of sp³-hybridized carbons (Fsp3) is 0.154. The predicted octanol–water partition coefficient (Wildman–Crippen LogP) is 3.81. The number of halogens is 2. The fourth-order valence-corrected chi connectivity index (χ4v) is 1.96. The van der Waals surface area contributed by atoms with Crippen molar-refractivity contribution in [2.75, 3.05) is 5.32 Å². The lowest BCUT2D eigenvalue weighted by Crippen LogP contribution is -2.04. The Balaban J connectivity index is 2.22. The van der Waals surface area contributed by atoms with Gasteiger partial charge in [0.05, 0.1) is 9.40 Å². The molecule has 0 amide bonds. The van der Waals surface area contributed by atoms with Gasteiger partial charge in [0.2, 0.25) is 0 Å². The normalized spacial score (nSPS) is 10.3. The number of pyridine rings is 1. The first-order valence-electron chi connectivity index (χ1n) is 5.76. The van der Waals surface area contributed by atoms with Crippen LogP contribution < -0.4 is 5.32 Å². The molecule has 1 N–H and O–H groups in total. The highest BCUT2D eigenvalue weighted by molar-refractivity contribution is 9.10. The minimum atomic E-state index is -0.556. The molecular formula is C13H11BrFN3O2.